The fraction of sp³-hybridized carbons (Fsp3) is 0.462. The standard InChI is InChI=1S/C26H36N2O6/c1-7-18(3)27-26(30)24(8-2)28(16-19-10-9-11-20(12-19)31-4)25(29)17-34-23-14-21(32-5)13-22(15-23)33-6/h9-15,18,24H,7-8,16-17H2,1-6H3,(H,27,30)/t18-,24+/m1/s1. The van der Waals surface area contributed by atoms with Crippen LogP contribution in [0.1, 0.15) is 39.2 Å². The molecular weight excluding hydrogens is 436 g/mol. The van der Waals surface area contributed by atoms with Crippen LogP contribution in [0.25, 0.3) is 0 Å². The van der Waals surface area contributed by atoms with Crippen molar-refractivity contribution >= 4 is 11.8 Å². The number of rotatable bonds is 13. The summed E-state index contributed by atoms with van der Waals surface area (Å²) >= 11 is 0. The van der Waals surface area contributed by atoms with Crippen LogP contribution in [0, 0.1) is 0 Å². The number of nitrogens with one attached hydrogen (secondary N) is 1. The van der Waals surface area contributed by atoms with Gasteiger partial charge in [-0.25, -0.2) is 0 Å². The summed E-state index contributed by atoms with van der Waals surface area (Å²) in [6, 6.07) is 11.9. The largest absolute Gasteiger partial charge is 0.497 e. The highest BCUT2D eigenvalue weighted by molar-refractivity contribution is 5.88. The van der Waals surface area contributed by atoms with Gasteiger partial charge in [0.05, 0.1) is 21.3 Å². The molecule has 0 aromatic heterocycles. The second kappa shape index (κ2) is 13.3. The lowest BCUT2D eigenvalue weighted by atomic mass is 10.1. The number of benzene rings is 2. The average Bonchev–Trinajstić information content (AvgIpc) is 2.86. The monoisotopic (exact) mass is 472 g/mol. The van der Waals surface area contributed by atoms with Crippen LogP contribution < -0.4 is 24.3 Å². The van der Waals surface area contributed by atoms with E-state index in [4.69, 9.17) is 18.9 Å². The van der Waals surface area contributed by atoms with Crippen LogP contribution in [-0.4, -0.2) is 56.7 Å². The van der Waals surface area contributed by atoms with E-state index in [9.17, 15) is 9.59 Å². The lowest BCUT2D eigenvalue weighted by Gasteiger charge is -2.31. The molecule has 0 bridgehead atoms. The van der Waals surface area contributed by atoms with Gasteiger partial charge in [-0.05, 0) is 37.5 Å². The maximum Gasteiger partial charge on any atom is 0.261 e. The van der Waals surface area contributed by atoms with Gasteiger partial charge in [0, 0.05) is 30.8 Å². The fourth-order valence-electron chi connectivity index (χ4n) is 3.42. The van der Waals surface area contributed by atoms with Crippen LogP contribution in [0.3, 0.4) is 0 Å². The Kier molecular flexibility index (Phi) is 10.5. The molecule has 0 fully saturated rings. The van der Waals surface area contributed by atoms with Gasteiger partial charge in [0.25, 0.3) is 5.91 Å². The Morgan fingerprint density at radius 2 is 1.50 bits per heavy atom. The third kappa shape index (κ3) is 7.57. The summed E-state index contributed by atoms with van der Waals surface area (Å²) in [6.45, 7) is 5.83. The summed E-state index contributed by atoms with van der Waals surface area (Å²) in [6.07, 6.45) is 1.26. The lowest BCUT2D eigenvalue weighted by molar-refractivity contribution is -0.143. The molecule has 1 N–H and O–H groups in total. The van der Waals surface area contributed by atoms with E-state index in [1.807, 2.05) is 45.0 Å². The Morgan fingerprint density at radius 1 is 0.882 bits per heavy atom. The molecule has 8 nitrogen and oxygen atoms in total. The van der Waals surface area contributed by atoms with Crippen molar-refractivity contribution in [3.05, 3.63) is 48.0 Å². The van der Waals surface area contributed by atoms with Gasteiger partial charge < -0.3 is 29.2 Å². The van der Waals surface area contributed by atoms with Gasteiger partial charge in [-0.3, -0.25) is 9.59 Å². The van der Waals surface area contributed by atoms with Crippen LogP contribution in [0.4, 0.5) is 0 Å². The smallest absolute Gasteiger partial charge is 0.261 e. The predicted molar refractivity (Wildman–Crippen MR) is 131 cm³/mol. The molecule has 0 saturated heterocycles. The summed E-state index contributed by atoms with van der Waals surface area (Å²) in [5.74, 6) is 1.72. The van der Waals surface area contributed by atoms with Gasteiger partial charge in [0.2, 0.25) is 5.91 Å². The van der Waals surface area contributed by atoms with Gasteiger partial charge in [0.1, 0.15) is 29.0 Å². The van der Waals surface area contributed by atoms with E-state index in [0.717, 1.165) is 12.0 Å². The number of hydrogen-bond acceptors (Lipinski definition) is 6. The SMILES string of the molecule is CC[C@@H](C)NC(=O)[C@H](CC)N(Cc1cccc(OC)c1)C(=O)COc1cc(OC)cc(OC)c1. The molecule has 2 rings (SSSR count). The molecule has 34 heavy (non-hydrogen) atoms. The molecule has 0 radical (unpaired) electrons. The zero-order valence-electron chi connectivity index (χ0n) is 20.9. The topological polar surface area (TPSA) is 86.3 Å². The quantitative estimate of drug-likeness (QED) is 0.477. The number of carbonyl (C=O) groups excluding carboxylic acids is 2. The van der Waals surface area contributed by atoms with Crippen LogP contribution in [0.2, 0.25) is 0 Å². The Hall–Kier alpha value is -3.42. The van der Waals surface area contributed by atoms with E-state index in [1.54, 1.807) is 44.4 Å². The molecule has 2 atom stereocenters. The molecule has 0 aliphatic carbocycles. The molecule has 2 amide bonds. The van der Waals surface area contributed by atoms with E-state index in [-0.39, 0.29) is 31.0 Å². The first-order valence-corrected chi connectivity index (χ1v) is 11.4. The van der Waals surface area contributed by atoms with Crippen LogP contribution in [0.5, 0.6) is 23.0 Å². The Bertz CT molecular complexity index is 926. The summed E-state index contributed by atoms with van der Waals surface area (Å²) < 4.78 is 21.6. The molecule has 0 heterocycles. The minimum Gasteiger partial charge on any atom is -0.497 e. The minimum atomic E-state index is -0.642. The highest BCUT2D eigenvalue weighted by atomic mass is 16.5. The number of ether oxygens (including phenoxy) is 4. The van der Waals surface area contributed by atoms with Crippen molar-refractivity contribution in [1.29, 1.82) is 0 Å². The summed E-state index contributed by atoms with van der Waals surface area (Å²) in [5.41, 5.74) is 0.852. The Labute approximate surface area is 202 Å². The summed E-state index contributed by atoms with van der Waals surface area (Å²) in [5, 5.41) is 3.00. The maximum absolute atomic E-state index is 13.4. The number of amides is 2. The number of carbonyl (C=O) groups is 2. The van der Waals surface area contributed by atoms with Crippen molar-refractivity contribution in [2.45, 2.75) is 52.2 Å². The number of nitrogens with zero attached hydrogens (tertiary/aromatic N) is 1. The number of methoxy groups -OCH3 is 3. The summed E-state index contributed by atoms with van der Waals surface area (Å²) in [7, 11) is 4.68. The van der Waals surface area contributed by atoms with Crippen molar-refractivity contribution in [2.24, 2.45) is 0 Å². The molecule has 2 aromatic rings. The minimum absolute atomic E-state index is 0.0100. The van der Waals surface area contributed by atoms with Crippen molar-refractivity contribution in [3.63, 3.8) is 0 Å². The lowest BCUT2D eigenvalue weighted by Crippen LogP contribution is -2.51. The first-order chi connectivity index (χ1) is 16.3. The van der Waals surface area contributed by atoms with Crippen LogP contribution in [-0.2, 0) is 16.1 Å². The van der Waals surface area contributed by atoms with E-state index < -0.39 is 6.04 Å². The molecule has 0 aliphatic heterocycles. The molecule has 0 unspecified atom stereocenters. The Morgan fingerprint density at radius 3 is 2.06 bits per heavy atom. The van der Waals surface area contributed by atoms with Crippen molar-refractivity contribution in [3.8, 4) is 23.0 Å². The third-order valence-electron chi connectivity index (χ3n) is 5.56. The molecule has 0 saturated carbocycles. The van der Waals surface area contributed by atoms with E-state index in [0.29, 0.717) is 29.4 Å². The van der Waals surface area contributed by atoms with Gasteiger partial charge in [-0.1, -0.05) is 26.0 Å². The first kappa shape index (κ1) is 26.8. The van der Waals surface area contributed by atoms with Crippen molar-refractivity contribution in [1.82, 2.24) is 10.2 Å². The predicted octanol–water partition coefficient (Wildman–Crippen LogP) is 3.81. The molecule has 186 valence electrons. The second-order valence-corrected chi connectivity index (χ2v) is 7.95. The average molecular weight is 473 g/mol. The zero-order chi connectivity index (χ0) is 25.1. The molecule has 0 aliphatic rings. The fourth-order valence-corrected chi connectivity index (χ4v) is 3.42. The first-order valence-electron chi connectivity index (χ1n) is 11.4. The van der Waals surface area contributed by atoms with E-state index in [1.165, 1.54) is 0 Å². The van der Waals surface area contributed by atoms with Gasteiger partial charge >= 0.3 is 0 Å². The molecule has 0 spiro atoms. The maximum atomic E-state index is 13.4. The van der Waals surface area contributed by atoms with Gasteiger partial charge in [0.15, 0.2) is 6.61 Å². The highest BCUT2D eigenvalue weighted by Crippen LogP contribution is 2.27. The van der Waals surface area contributed by atoms with E-state index >= 15 is 0 Å². The number of hydrogen-bond donors (Lipinski definition) is 1. The Balaban J connectivity index is 2.27. The molecular formula is C26H36N2O6. The van der Waals surface area contributed by atoms with Crippen LogP contribution >= 0.6 is 0 Å². The highest BCUT2D eigenvalue weighted by Gasteiger charge is 2.29. The third-order valence-corrected chi connectivity index (χ3v) is 5.56. The summed E-state index contributed by atoms with van der Waals surface area (Å²) in [4.78, 5) is 28.0. The van der Waals surface area contributed by atoms with Gasteiger partial charge in [-0.2, -0.15) is 0 Å². The van der Waals surface area contributed by atoms with E-state index in [2.05, 4.69) is 5.32 Å². The molecule has 2 aromatic carbocycles. The van der Waals surface area contributed by atoms with Crippen molar-refractivity contribution in [2.75, 3.05) is 27.9 Å². The second-order valence-electron chi connectivity index (χ2n) is 7.95. The zero-order valence-corrected chi connectivity index (χ0v) is 20.9. The molecule has 8 heteroatoms. The van der Waals surface area contributed by atoms with Crippen molar-refractivity contribution < 1.29 is 28.5 Å². The normalized spacial score (nSPS) is 12.3. The van der Waals surface area contributed by atoms with Crippen LogP contribution in [0.15, 0.2) is 42.5 Å². The van der Waals surface area contributed by atoms with Gasteiger partial charge in [-0.15, -0.1) is 0 Å².